The van der Waals surface area contributed by atoms with Gasteiger partial charge in [-0.05, 0) is 30.0 Å². The van der Waals surface area contributed by atoms with Crippen LogP contribution in [0, 0.1) is 5.41 Å². The minimum Gasteiger partial charge on any atom is -0.388 e. The molecule has 0 spiro atoms. The number of amidine groups is 1. The van der Waals surface area contributed by atoms with Gasteiger partial charge in [0, 0.05) is 6.42 Å². The highest BCUT2D eigenvalue weighted by atomic mass is 32.2. The van der Waals surface area contributed by atoms with Crippen LogP contribution in [0.25, 0.3) is 0 Å². The maximum Gasteiger partial charge on any atom is 0.0905 e. The molecule has 0 atom stereocenters. The van der Waals surface area contributed by atoms with E-state index < -0.39 is 0 Å². The van der Waals surface area contributed by atoms with E-state index in [-0.39, 0.29) is 0 Å². The Labute approximate surface area is 87.0 Å². The van der Waals surface area contributed by atoms with Crippen molar-refractivity contribution >= 4 is 28.9 Å². The minimum atomic E-state index is 0.307. The predicted molar refractivity (Wildman–Crippen MR) is 60.8 cm³/mol. The van der Waals surface area contributed by atoms with Crippen LogP contribution in [-0.2, 0) is 0 Å². The summed E-state index contributed by atoms with van der Waals surface area (Å²) in [5, 5.41) is 9.14. The van der Waals surface area contributed by atoms with Crippen molar-refractivity contribution in [2.45, 2.75) is 23.5 Å². The number of thiophene rings is 1. The van der Waals surface area contributed by atoms with E-state index >= 15 is 0 Å². The van der Waals surface area contributed by atoms with Crippen LogP contribution in [-0.4, -0.2) is 11.6 Å². The summed E-state index contributed by atoms with van der Waals surface area (Å²) >= 11 is 3.67. The molecule has 1 heterocycles. The van der Waals surface area contributed by atoms with Crippen LogP contribution in [0.4, 0.5) is 0 Å². The first-order valence-corrected chi connectivity index (χ1v) is 6.15. The fourth-order valence-corrected chi connectivity index (χ4v) is 2.80. The van der Waals surface area contributed by atoms with Crippen molar-refractivity contribution in [3.05, 3.63) is 17.5 Å². The lowest BCUT2D eigenvalue weighted by Crippen LogP contribution is -2.08. The van der Waals surface area contributed by atoms with E-state index in [2.05, 4.69) is 17.5 Å². The van der Waals surface area contributed by atoms with Crippen molar-refractivity contribution < 1.29 is 0 Å². The molecule has 1 rings (SSSR count). The molecule has 0 aliphatic rings. The quantitative estimate of drug-likeness (QED) is 0.331. The van der Waals surface area contributed by atoms with Crippen LogP contribution in [0.2, 0.25) is 0 Å². The zero-order valence-corrected chi connectivity index (χ0v) is 9.09. The average Bonchev–Trinajstić information content (AvgIpc) is 2.55. The second-order valence-corrected chi connectivity index (χ2v) is 5.11. The minimum absolute atomic E-state index is 0.307. The monoisotopic (exact) mass is 214 g/mol. The number of hydrogen-bond acceptors (Lipinski definition) is 3. The average molecular weight is 214 g/mol. The Morgan fingerprint density at radius 1 is 1.54 bits per heavy atom. The van der Waals surface area contributed by atoms with Crippen LogP contribution in [0.3, 0.4) is 0 Å². The fourth-order valence-electron chi connectivity index (χ4n) is 0.936. The molecule has 0 bridgehead atoms. The molecule has 3 N–H and O–H groups in total. The molecular weight excluding hydrogens is 200 g/mol. The molecule has 0 aromatic carbocycles. The van der Waals surface area contributed by atoms with Gasteiger partial charge in [-0.15, -0.1) is 23.1 Å². The van der Waals surface area contributed by atoms with Crippen molar-refractivity contribution in [2.75, 3.05) is 5.75 Å². The molecule has 0 fully saturated rings. The third-order valence-corrected chi connectivity index (χ3v) is 3.80. The highest BCUT2D eigenvalue weighted by molar-refractivity contribution is 8.01. The largest absolute Gasteiger partial charge is 0.388 e. The summed E-state index contributed by atoms with van der Waals surface area (Å²) in [4.78, 5) is 0. The molecule has 0 saturated carbocycles. The molecule has 72 valence electrons. The Kier molecular flexibility index (Phi) is 4.93. The Morgan fingerprint density at radius 3 is 3.00 bits per heavy atom. The van der Waals surface area contributed by atoms with Crippen LogP contribution >= 0.6 is 23.1 Å². The van der Waals surface area contributed by atoms with E-state index in [1.54, 1.807) is 11.3 Å². The molecular formula is C9H14N2S2. The number of thioether (sulfide) groups is 1. The van der Waals surface area contributed by atoms with Gasteiger partial charge >= 0.3 is 0 Å². The summed E-state index contributed by atoms with van der Waals surface area (Å²) < 4.78 is 1.38. The second kappa shape index (κ2) is 6.05. The number of nitrogens with two attached hydrogens (primary N) is 1. The Morgan fingerprint density at radius 2 is 2.38 bits per heavy atom. The van der Waals surface area contributed by atoms with E-state index in [4.69, 9.17) is 11.1 Å². The van der Waals surface area contributed by atoms with Crippen molar-refractivity contribution in [2.24, 2.45) is 5.73 Å². The molecule has 13 heavy (non-hydrogen) atoms. The molecule has 0 amide bonds. The maximum atomic E-state index is 7.04. The second-order valence-electron chi connectivity index (χ2n) is 2.76. The van der Waals surface area contributed by atoms with Crippen molar-refractivity contribution in [1.82, 2.24) is 0 Å². The fraction of sp³-hybridized carbons (Fsp3) is 0.444. The van der Waals surface area contributed by atoms with Gasteiger partial charge in [0.15, 0.2) is 0 Å². The van der Waals surface area contributed by atoms with Crippen LogP contribution in [0.5, 0.6) is 0 Å². The van der Waals surface area contributed by atoms with Gasteiger partial charge in [0.2, 0.25) is 0 Å². The normalized spacial score (nSPS) is 10.2. The standard InChI is InChI=1S/C9H14N2S2/c10-8(11)4-1-2-6-12-9-5-3-7-13-9/h3,5,7H,1-2,4,6H2,(H3,10,11). The zero-order chi connectivity index (χ0) is 9.52. The van der Waals surface area contributed by atoms with Crippen LogP contribution in [0.15, 0.2) is 21.7 Å². The molecule has 0 aliphatic heterocycles. The summed E-state index contributed by atoms with van der Waals surface area (Å²) in [6.07, 6.45) is 2.92. The van der Waals surface area contributed by atoms with E-state index in [0.717, 1.165) is 25.0 Å². The molecule has 2 nitrogen and oxygen atoms in total. The van der Waals surface area contributed by atoms with Crippen LogP contribution in [0.1, 0.15) is 19.3 Å². The van der Waals surface area contributed by atoms with E-state index in [0.29, 0.717) is 5.84 Å². The maximum absolute atomic E-state index is 7.04. The summed E-state index contributed by atoms with van der Waals surface area (Å²) in [7, 11) is 0. The topological polar surface area (TPSA) is 49.9 Å². The summed E-state index contributed by atoms with van der Waals surface area (Å²) in [6, 6.07) is 4.21. The molecule has 0 radical (unpaired) electrons. The molecule has 1 aromatic heterocycles. The number of hydrogen-bond donors (Lipinski definition) is 2. The third kappa shape index (κ3) is 4.95. The first kappa shape index (κ1) is 10.6. The lowest BCUT2D eigenvalue weighted by Gasteiger charge is -1.98. The van der Waals surface area contributed by atoms with E-state index in [1.807, 2.05) is 11.8 Å². The lowest BCUT2D eigenvalue weighted by atomic mass is 10.2. The Bertz CT molecular complexity index is 244. The first-order chi connectivity index (χ1) is 6.29. The van der Waals surface area contributed by atoms with Gasteiger partial charge in [0.05, 0.1) is 10.0 Å². The summed E-state index contributed by atoms with van der Waals surface area (Å²) in [6.45, 7) is 0. The SMILES string of the molecule is N=C(N)CCCCSc1cccs1. The van der Waals surface area contributed by atoms with Crippen molar-refractivity contribution in [3.8, 4) is 0 Å². The lowest BCUT2D eigenvalue weighted by molar-refractivity contribution is 0.837. The van der Waals surface area contributed by atoms with Crippen molar-refractivity contribution in [3.63, 3.8) is 0 Å². The number of unbranched alkanes of at least 4 members (excludes halogenated alkanes) is 1. The number of rotatable bonds is 6. The van der Waals surface area contributed by atoms with E-state index in [1.165, 1.54) is 4.21 Å². The van der Waals surface area contributed by atoms with Gasteiger partial charge in [-0.25, -0.2) is 0 Å². The Balaban J connectivity index is 1.99. The van der Waals surface area contributed by atoms with Gasteiger partial charge < -0.3 is 5.73 Å². The zero-order valence-electron chi connectivity index (χ0n) is 7.45. The highest BCUT2D eigenvalue weighted by Gasteiger charge is 1.95. The first-order valence-electron chi connectivity index (χ1n) is 4.28. The Hall–Kier alpha value is -0.480. The predicted octanol–water partition coefficient (Wildman–Crippen LogP) is 2.95. The van der Waals surface area contributed by atoms with Gasteiger partial charge in [-0.3, -0.25) is 5.41 Å². The van der Waals surface area contributed by atoms with Gasteiger partial charge in [-0.2, -0.15) is 0 Å². The number of nitrogens with one attached hydrogen (secondary N) is 1. The molecule has 0 aliphatic carbocycles. The summed E-state index contributed by atoms with van der Waals surface area (Å²) in [5.74, 6) is 1.44. The molecule has 4 heteroatoms. The molecule has 1 aromatic rings. The highest BCUT2D eigenvalue weighted by Crippen LogP contribution is 2.24. The third-order valence-electron chi connectivity index (χ3n) is 1.58. The molecule has 0 saturated heterocycles. The van der Waals surface area contributed by atoms with Gasteiger partial charge in [-0.1, -0.05) is 6.07 Å². The van der Waals surface area contributed by atoms with Gasteiger partial charge in [0.25, 0.3) is 0 Å². The van der Waals surface area contributed by atoms with Crippen molar-refractivity contribution in [1.29, 1.82) is 5.41 Å². The van der Waals surface area contributed by atoms with E-state index in [9.17, 15) is 0 Å². The summed E-state index contributed by atoms with van der Waals surface area (Å²) in [5.41, 5.74) is 5.25. The van der Waals surface area contributed by atoms with Gasteiger partial charge in [0.1, 0.15) is 0 Å². The smallest absolute Gasteiger partial charge is 0.0905 e. The van der Waals surface area contributed by atoms with Crippen LogP contribution < -0.4 is 5.73 Å². The molecule has 0 unspecified atom stereocenters.